The Morgan fingerprint density at radius 3 is 2.38 bits per heavy atom. The van der Waals surface area contributed by atoms with Gasteiger partial charge in [-0.05, 0) is 54.8 Å². The monoisotopic (exact) mass is 420 g/mol. The van der Waals surface area contributed by atoms with Crippen LogP contribution < -0.4 is 20.1 Å². The summed E-state index contributed by atoms with van der Waals surface area (Å²) in [6, 6.07) is 10.9. The molecule has 0 spiro atoms. The van der Waals surface area contributed by atoms with Crippen LogP contribution in [-0.4, -0.2) is 32.6 Å². The molecular weight excluding hydrogens is 400 g/mol. The molecule has 2 amide bonds. The maximum absolute atomic E-state index is 12.0. The minimum Gasteiger partial charge on any atom is -0.493 e. The Hall–Kier alpha value is -2.54. The zero-order valence-electron chi connectivity index (χ0n) is 14.9. The molecule has 2 rings (SSSR count). The number of benzene rings is 2. The van der Waals surface area contributed by atoms with Crippen molar-refractivity contribution in [2.75, 3.05) is 26.1 Å². The molecule has 0 heterocycles. The molecule has 0 aliphatic carbocycles. The summed E-state index contributed by atoms with van der Waals surface area (Å²) in [4.78, 5) is 23.9. The summed E-state index contributed by atoms with van der Waals surface area (Å²) in [6.07, 6.45) is 0.566. The lowest BCUT2D eigenvalue weighted by Crippen LogP contribution is -2.36. The van der Waals surface area contributed by atoms with E-state index in [-0.39, 0.29) is 0 Å². The third-order valence-corrected chi connectivity index (χ3v) is 4.66. The Labute approximate surface area is 161 Å². The van der Waals surface area contributed by atoms with Crippen molar-refractivity contribution in [2.45, 2.75) is 13.3 Å². The number of amides is 2. The van der Waals surface area contributed by atoms with E-state index in [0.717, 1.165) is 15.6 Å². The fourth-order valence-corrected chi connectivity index (χ4v) is 2.59. The van der Waals surface area contributed by atoms with Crippen LogP contribution in [0.2, 0.25) is 0 Å². The molecule has 7 heteroatoms. The summed E-state index contributed by atoms with van der Waals surface area (Å²) < 4.78 is 11.4. The number of hydrogen-bond acceptors (Lipinski definition) is 4. The maximum Gasteiger partial charge on any atom is 0.313 e. The molecule has 0 atom stereocenters. The third kappa shape index (κ3) is 5.23. The van der Waals surface area contributed by atoms with Crippen LogP contribution >= 0.6 is 15.9 Å². The molecule has 26 heavy (non-hydrogen) atoms. The van der Waals surface area contributed by atoms with E-state index >= 15 is 0 Å². The topological polar surface area (TPSA) is 76.7 Å². The van der Waals surface area contributed by atoms with Crippen LogP contribution in [-0.2, 0) is 16.0 Å². The van der Waals surface area contributed by atoms with Gasteiger partial charge in [0.05, 0.1) is 14.2 Å². The molecule has 0 saturated carbocycles. The van der Waals surface area contributed by atoms with Crippen molar-refractivity contribution in [3.63, 3.8) is 0 Å². The Bertz CT molecular complexity index is 808. The van der Waals surface area contributed by atoms with Gasteiger partial charge in [0.15, 0.2) is 11.5 Å². The first-order chi connectivity index (χ1) is 12.4. The lowest BCUT2D eigenvalue weighted by molar-refractivity contribution is -0.136. The van der Waals surface area contributed by atoms with Gasteiger partial charge < -0.3 is 20.1 Å². The second kappa shape index (κ2) is 9.24. The van der Waals surface area contributed by atoms with Gasteiger partial charge in [0.2, 0.25) is 0 Å². The zero-order chi connectivity index (χ0) is 19.1. The fraction of sp³-hybridized carbons (Fsp3) is 0.263. The molecule has 0 radical (unpaired) electrons. The fourth-order valence-electron chi connectivity index (χ4n) is 2.35. The first-order valence-corrected chi connectivity index (χ1v) is 8.80. The van der Waals surface area contributed by atoms with Gasteiger partial charge in [-0.1, -0.05) is 22.0 Å². The van der Waals surface area contributed by atoms with Crippen molar-refractivity contribution in [3.05, 3.63) is 52.0 Å². The van der Waals surface area contributed by atoms with E-state index in [1.165, 1.54) is 0 Å². The molecular formula is C19H21BrN2O4. The normalized spacial score (nSPS) is 10.2. The second-order valence-electron chi connectivity index (χ2n) is 5.61. The largest absolute Gasteiger partial charge is 0.493 e. The maximum atomic E-state index is 12.0. The summed E-state index contributed by atoms with van der Waals surface area (Å²) in [6.45, 7) is 2.24. The van der Waals surface area contributed by atoms with Gasteiger partial charge in [-0.3, -0.25) is 9.59 Å². The second-order valence-corrected chi connectivity index (χ2v) is 6.47. The lowest BCUT2D eigenvalue weighted by Gasteiger charge is -2.10. The highest BCUT2D eigenvalue weighted by molar-refractivity contribution is 9.10. The van der Waals surface area contributed by atoms with Crippen molar-refractivity contribution in [2.24, 2.45) is 0 Å². The van der Waals surface area contributed by atoms with Crippen molar-refractivity contribution in [1.29, 1.82) is 0 Å². The van der Waals surface area contributed by atoms with Crippen LogP contribution in [0.25, 0.3) is 0 Å². The third-order valence-electron chi connectivity index (χ3n) is 3.77. The Morgan fingerprint density at radius 1 is 1.00 bits per heavy atom. The average Bonchev–Trinajstić information content (AvgIpc) is 2.64. The Balaban J connectivity index is 1.86. The van der Waals surface area contributed by atoms with E-state index in [0.29, 0.717) is 30.2 Å². The highest BCUT2D eigenvalue weighted by Gasteiger charge is 2.13. The number of hydrogen-bond donors (Lipinski definition) is 2. The van der Waals surface area contributed by atoms with Crippen molar-refractivity contribution in [3.8, 4) is 11.5 Å². The van der Waals surface area contributed by atoms with Gasteiger partial charge in [0.1, 0.15) is 0 Å². The number of anilines is 1. The van der Waals surface area contributed by atoms with Gasteiger partial charge in [-0.2, -0.15) is 0 Å². The summed E-state index contributed by atoms with van der Waals surface area (Å²) in [5.41, 5.74) is 2.51. The van der Waals surface area contributed by atoms with Gasteiger partial charge in [0, 0.05) is 16.7 Å². The predicted octanol–water partition coefficient (Wildman–Crippen LogP) is 3.07. The molecule has 0 saturated heterocycles. The van der Waals surface area contributed by atoms with Crippen LogP contribution in [0.5, 0.6) is 11.5 Å². The first kappa shape index (κ1) is 19.8. The molecule has 0 aliphatic heterocycles. The van der Waals surface area contributed by atoms with E-state index in [4.69, 9.17) is 9.47 Å². The van der Waals surface area contributed by atoms with Crippen LogP contribution in [0.3, 0.4) is 0 Å². The molecule has 0 fully saturated rings. The SMILES string of the molecule is COc1ccc(CCNC(=O)C(=O)Nc2ccc(Br)c(C)c2)cc1OC. The smallest absolute Gasteiger partial charge is 0.313 e. The number of rotatable bonds is 6. The molecule has 0 aromatic heterocycles. The minimum atomic E-state index is -0.695. The summed E-state index contributed by atoms with van der Waals surface area (Å²) in [5.74, 6) is -0.103. The molecule has 138 valence electrons. The number of carbonyl (C=O) groups is 2. The average molecular weight is 421 g/mol. The molecule has 2 N–H and O–H groups in total. The van der Waals surface area contributed by atoms with Gasteiger partial charge in [0.25, 0.3) is 0 Å². The number of methoxy groups -OCH3 is 2. The summed E-state index contributed by atoms with van der Waals surface area (Å²) in [5, 5.41) is 5.19. The van der Waals surface area contributed by atoms with Gasteiger partial charge in [-0.25, -0.2) is 0 Å². The van der Waals surface area contributed by atoms with Gasteiger partial charge >= 0.3 is 11.8 Å². The predicted molar refractivity (Wildman–Crippen MR) is 104 cm³/mol. The van der Waals surface area contributed by atoms with Crippen LogP contribution in [0, 0.1) is 6.92 Å². The van der Waals surface area contributed by atoms with E-state index in [9.17, 15) is 9.59 Å². The highest BCUT2D eigenvalue weighted by Crippen LogP contribution is 2.27. The molecule has 0 unspecified atom stereocenters. The summed E-state index contributed by atoms with van der Waals surface area (Å²) in [7, 11) is 3.14. The van der Waals surface area contributed by atoms with Crippen molar-refractivity contribution in [1.82, 2.24) is 5.32 Å². The van der Waals surface area contributed by atoms with E-state index in [1.54, 1.807) is 32.4 Å². The molecule has 2 aromatic carbocycles. The van der Waals surface area contributed by atoms with E-state index in [1.807, 2.05) is 25.1 Å². The van der Waals surface area contributed by atoms with E-state index < -0.39 is 11.8 Å². The number of carbonyl (C=O) groups excluding carboxylic acids is 2. The Kier molecular flexibility index (Phi) is 7.03. The minimum absolute atomic E-state index is 0.334. The van der Waals surface area contributed by atoms with Crippen LogP contribution in [0.15, 0.2) is 40.9 Å². The number of ether oxygens (including phenoxy) is 2. The number of aryl methyl sites for hydroxylation is 1. The zero-order valence-corrected chi connectivity index (χ0v) is 16.5. The molecule has 6 nitrogen and oxygen atoms in total. The van der Waals surface area contributed by atoms with Crippen molar-refractivity contribution >= 4 is 33.4 Å². The standard InChI is InChI=1S/C19H21BrN2O4/c1-12-10-14(5-6-15(12)20)22-19(24)18(23)21-9-8-13-4-7-16(25-2)17(11-13)26-3/h4-7,10-11H,8-9H2,1-3H3,(H,21,23)(H,22,24). The van der Waals surface area contributed by atoms with E-state index in [2.05, 4.69) is 26.6 Å². The number of nitrogens with one attached hydrogen (secondary N) is 2. The Morgan fingerprint density at radius 2 is 1.73 bits per heavy atom. The highest BCUT2D eigenvalue weighted by atomic mass is 79.9. The molecule has 2 aromatic rings. The first-order valence-electron chi connectivity index (χ1n) is 8.01. The quantitative estimate of drug-likeness (QED) is 0.703. The molecule has 0 aliphatic rings. The summed E-state index contributed by atoms with van der Waals surface area (Å²) >= 11 is 3.39. The van der Waals surface area contributed by atoms with Crippen LogP contribution in [0.4, 0.5) is 5.69 Å². The lowest BCUT2D eigenvalue weighted by atomic mass is 10.1. The van der Waals surface area contributed by atoms with Gasteiger partial charge in [-0.15, -0.1) is 0 Å². The number of halogens is 1. The molecule has 0 bridgehead atoms. The van der Waals surface area contributed by atoms with Crippen molar-refractivity contribution < 1.29 is 19.1 Å². The van der Waals surface area contributed by atoms with Crippen LogP contribution in [0.1, 0.15) is 11.1 Å².